The van der Waals surface area contributed by atoms with Crippen LogP contribution in [0.3, 0.4) is 0 Å². The first-order valence-corrected chi connectivity index (χ1v) is 7.54. The van der Waals surface area contributed by atoms with Gasteiger partial charge in [-0.1, -0.05) is 31.4 Å². The van der Waals surface area contributed by atoms with E-state index in [1.54, 1.807) is 19.2 Å². The Hall–Kier alpha value is -1.29. The van der Waals surface area contributed by atoms with Gasteiger partial charge in [-0.2, -0.15) is 0 Å². The van der Waals surface area contributed by atoms with Crippen molar-refractivity contribution >= 4 is 23.3 Å². The lowest BCUT2D eigenvalue weighted by Gasteiger charge is -2.36. The molecule has 1 aliphatic rings. The molecule has 0 aliphatic heterocycles. The van der Waals surface area contributed by atoms with E-state index in [-0.39, 0.29) is 11.9 Å². The zero-order valence-corrected chi connectivity index (χ0v) is 13.1. The van der Waals surface area contributed by atoms with Crippen LogP contribution in [0.4, 0.5) is 5.82 Å². The first-order valence-electron chi connectivity index (χ1n) is 7.16. The van der Waals surface area contributed by atoms with Crippen molar-refractivity contribution in [2.24, 2.45) is 5.92 Å². The van der Waals surface area contributed by atoms with Gasteiger partial charge in [0.1, 0.15) is 11.5 Å². The number of nitrogens with zero attached hydrogens (tertiary/aromatic N) is 2. The lowest BCUT2D eigenvalue weighted by Crippen LogP contribution is -2.43. The lowest BCUT2D eigenvalue weighted by molar-refractivity contribution is 0.0623. The molecule has 110 valence electrons. The molecule has 1 aliphatic carbocycles. The maximum atomic E-state index is 12.6. The standard InChI is InChI=1S/C15H22ClN3O/c1-10-6-4-5-7-12(10)19(3)15(20)14-11(16)8-9-13(17-2)18-14/h8-10,12H,4-7H2,1-3H3,(H,17,18). The minimum absolute atomic E-state index is 0.0918. The van der Waals surface area contributed by atoms with Crippen LogP contribution in [0.25, 0.3) is 0 Å². The Labute approximate surface area is 125 Å². The van der Waals surface area contributed by atoms with Gasteiger partial charge >= 0.3 is 0 Å². The minimum Gasteiger partial charge on any atom is -0.373 e. The molecule has 1 amide bonds. The second-order valence-electron chi connectivity index (χ2n) is 5.52. The number of halogens is 1. The highest BCUT2D eigenvalue weighted by molar-refractivity contribution is 6.33. The Bertz CT molecular complexity index is 492. The summed E-state index contributed by atoms with van der Waals surface area (Å²) in [4.78, 5) is 18.7. The minimum atomic E-state index is -0.0918. The number of hydrogen-bond acceptors (Lipinski definition) is 3. The van der Waals surface area contributed by atoms with Gasteiger partial charge in [0.2, 0.25) is 0 Å². The average molecular weight is 296 g/mol. The molecule has 2 atom stereocenters. The largest absolute Gasteiger partial charge is 0.373 e. The van der Waals surface area contributed by atoms with Crippen molar-refractivity contribution < 1.29 is 4.79 Å². The predicted molar refractivity (Wildman–Crippen MR) is 82.3 cm³/mol. The summed E-state index contributed by atoms with van der Waals surface area (Å²) in [6.07, 6.45) is 4.69. The SMILES string of the molecule is CNc1ccc(Cl)c(C(=O)N(C)C2CCCCC2C)n1. The zero-order chi connectivity index (χ0) is 14.7. The number of carbonyl (C=O) groups excluding carboxylic acids is 1. The summed E-state index contributed by atoms with van der Waals surface area (Å²) in [6.45, 7) is 2.21. The molecular weight excluding hydrogens is 274 g/mol. The van der Waals surface area contributed by atoms with Crippen LogP contribution in [0.5, 0.6) is 0 Å². The van der Waals surface area contributed by atoms with Gasteiger partial charge in [-0.15, -0.1) is 0 Å². The van der Waals surface area contributed by atoms with E-state index >= 15 is 0 Å². The maximum absolute atomic E-state index is 12.6. The Morgan fingerprint density at radius 3 is 2.75 bits per heavy atom. The van der Waals surface area contributed by atoms with Gasteiger partial charge in [0.25, 0.3) is 5.91 Å². The molecule has 0 bridgehead atoms. The molecule has 4 nitrogen and oxygen atoms in total. The third-order valence-electron chi connectivity index (χ3n) is 4.19. The van der Waals surface area contributed by atoms with Gasteiger partial charge in [-0.3, -0.25) is 4.79 Å². The topological polar surface area (TPSA) is 45.2 Å². The van der Waals surface area contributed by atoms with Crippen LogP contribution in [-0.4, -0.2) is 35.9 Å². The van der Waals surface area contributed by atoms with Crippen molar-refractivity contribution in [3.8, 4) is 0 Å². The van der Waals surface area contributed by atoms with Crippen LogP contribution in [0.1, 0.15) is 43.1 Å². The molecule has 0 aromatic carbocycles. The molecule has 0 saturated heterocycles. The smallest absolute Gasteiger partial charge is 0.274 e. The summed E-state index contributed by atoms with van der Waals surface area (Å²) in [7, 11) is 3.64. The summed E-state index contributed by atoms with van der Waals surface area (Å²) in [5.41, 5.74) is 0.332. The Kier molecular flexibility index (Phi) is 4.86. The van der Waals surface area contributed by atoms with E-state index in [9.17, 15) is 4.79 Å². The van der Waals surface area contributed by atoms with Crippen LogP contribution in [0.15, 0.2) is 12.1 Å². The highest BCUT2D eigenvalue weighted by Gasteiger charge is 2.29. The van der Waals surface area contributed by atoms with Crippen molar-refractivity contribution in [1.82, 2.24) is 9.88 Å². The third kappa shape index (κ3) is 3.06. The molecule has 1 heterocycles. The van der Waals surface area contributed by atoms with Crippen molar-refractivity contribution in [3.05, 3.63) is 22.8 Å². The first-order chi connectivity index (χ1) is 9.54. The van der Waals surface area contributed by atoms with Crippen LogP contribution in [0.2, 0.25) is 5.02 Å². The number of anilines is 1. The zero-order valence-electron chi connectivity index (χ0n) is 12.3. The van der Waals surface area contributed by atoms with Gasteiger partial charge in [0.05, 0.1) is 5.02 Å². The summed E-state index contributed by atoms with van der Waals surface area (Å²) in [6, 6.07) is 3.76. The van der Waals surface area contributed by atoms with E-state index < -0.39 is 0 Å². The quantitative estimate of drug-likeness (QED) is 0.929. The molecule has 1 N–H and O–H groups in total. The number of rotatable bonds is 3. The monoisotopic (exact) mass is 295 g/mol. The van der Waals surface area contributed by atoms with Crippen LogP contribution in [0, 0.1) is 5.92 Å². The second-order valence-corrected chi connectivity index (χ2v) is 5.93. The number of pyridine rings is 1. The molecule has 5 heteroatoms. The summed E-state index contributed by atoms with van der Waals surface area (Å²) in [5, 5.41) is 3.34. The van der Waals surface area contributed by atoms with Crippen LogP contribution >= 0.6 is 11.6 Å². The summed E-state index contributed by atoms with van der Waals surface area (Å²) >= 11 is 6.13. The molecule has 1 fully saturated rings. The van der Waals surface area contributed by atoms with Gasteiger partial charge in [0, 0.05) is 20.1 Å². The Morgan fingerprint density at radius 2 is 2.10 bits per heavy atom. The van der Waals surface area contributed by atoms with Gasteiger partial charge in [0.15, 0.2) is 0 Å². The van der Waals surface area contributed by atoms with E-state index in [1.165, 1.54) is 19.3 Å². The fraction of sp³-hybridized carbons (Fsp3) is 0.600. The fourth-order valence-electron chi connectivity index (χ4n) is 2.92. The first kappa shape index (κ1) is 15.1. The summed E-state index contributed by atoms with van der Waals surface area (Å²) < 4.78 is 0. The third-order valence-corrected chi connectivity index (χ3v) is 4.49. The number of amides is 1. The number of carbonyl (C=O) groups is 1. The molecule has 1 saturated carbocycles. The molecule has 0 spiro atoms. The van der Waals surface area contributed by atoms with E-state index in [1.807, 2.05) is 11.9 Å². The fourth-order valence-corrected chi connectivity index (χ4v) is 3.11. The van der Waals surface area contributed by atoms with E-state index in [2.05, 4.69) is 17.2 Å². The van der Waals surface area contributed by atoms with E-state index in [4.69, 9.17) is 11.6 Å². The second kappa shape index (κ2) is 6.44. The van der Waals surface area contributed by atoms with Crippen molar-refractivity contribution in [3.63, 3.8) is 0 Å². The highest BCUT2D eigenvalue weighted by Crippen LogP contribution is 2.29. The molecule has 2 rings (SSSR count). The van der Waals surface area contributed by atoms with E-state index in [0.29, 0.717) is 22.5 Å². The number of aromatic nitrogens is 1. The highest BCUT2D eigenvalue weighted by atomic mass is 35.5. The van der Waals surface area contributed by atoms with Crippen molar-refractivity contribution in [2.45, 2.75) is 38.6 Å². The van der Waals surface area contributed by atoms with Gasteiger partial charge in [-0.05, 0) is 30.9 Å². The molecule has 0 radical (unpaired) electrons. The predicted octanol–water partition coefficient (Wildman–Crippen LogP) is 3.43. The molecular formula is C15H22ClN3O. The Balaban J connectivity index is 2.21. The normalized spacial score (nSPS) is 22.4. The molecule has 1 aromatic heterocycles. The molecule has 2 unspecified atom stereocenters. The molecule has 20 heavy (non-hydrogen) atoms. The van der Waals surface area contributed by atoms with E-state index in [0.717, 1.165) is 6.42 Å². The average Bonchev–Trinajstić information content (AvgIpc) is 2.47. The van der Waals surface area contributed by atoms with Crippen LogP contribution in [-0.2, 0) is 0 Å². The van der Waals surface area contributed by atoms with Crippen molar-refractivity contribution in [2.75, 3.05) is 19.4 Å². The number of hydrogen-bond donors (Lipinski definition) is 1. The lowest BCUT2D eigenvalue weighted by atomic mass is 9.85. The summed E-state index contributed by atoms with van der Waals surface area (Å²) in [5.74, 6) is 1.10. The number of nitrogens with one attached hydrogen (secondary N) is 1. The van der Waals surface area contributed by atoms with Gasteiger partial charge in [-0.25, -0.2) is 4.98 Å². The Morgan fingerprint density at radius 1 is 1.40 bits per heavy atom. The van der Waals surface area contributed by atoms with Crippen LogP contribution < -0.4 is 5.32 Å². The molecule has 1 aromatic rings. The van der Waals surface area contributed by atoms with Gasteiger partial charge < -0.3 is 10.2 Å². The maximum Gasteiger partial charge on any atom is 0.274 e. The van der Waals surface area contributed by atoms with Crippen molar-refractivity contribution in [1.29, 1.82) is 0 Å².